The third kappa shape index (κ3) is 8.31. The molecule has 1 amide bonds. The summed E-state index contributed by atoms with van der Waals surface area (Å²) in [7, 11) is -4.05. The number of aryl methyl sites for hydroxylation is 1. The Kier molecular flexibility index (Phi) is 10.4. The van der Waals surface area contributed by atoms with E-state index in [2.05, 4.69) is 5.10 Å². The van der Waals surface area contributed by atoms with E-state index in [4.69, 9.17) is 21.5 Å². The quantitative estimate of drug-likeness (QED) is 0.325. The molecule has 2 aliphatic rings. The van der Waals surface area contributed by atoms with Crippen LogP contribution in [0.4, 0.5) is 35.1 Å². The molecular formula is C27H26ClF8N5O5S. The van der Waals surface area contributed by atoms with Gasteiger partial charge in [0.25, 0.3) is 5.91 Å². The number of amides is 1. The molecule has 2 N–H and O–H groups in total. The van der Waals surface area contributed by atoms with Gasteiger partial charge in [0.2, 0.25) is 0 Å². The van der Waals surface area contributed by atoms with Gasteiger partial charge >= 0.3 is 28.5 Å². The average Bonchev–Trinajstić information content (AvgIpc) is 3.23. The maximum Gasteiger partial charge on any atom is 0.490 e. The molecule has 0 spiro atoms. The van der Waals surface area contributed by atoms with E-state index in [1.165, 1.54) is 6.07 Å². The van der Waals surface area contributed by atoms with Gasteiger partial charge in [0.15, 0.2) is 0 Å². The van der Waals surface area contributed by atoms with Crippen molar-refractivity contribution in [2.24, 2.45) is 0 Å². The van der Waals surface area contributed by atoms with Crippen LogP contribution in [-0.4, -0.2) is 76.7 Å². The van der Waals surface area contributed by atoms with E-state index in [1.54, 1.807) is 11.6 Å². The molecule has 2 aliphatic heterocycles. The number of hydrogen-bond acceptors (Lipinski definition) is 6. The Balaban J connectivity index is 0.000000644. The number of nitrogens with one attached hydrogen (secondary N) is 1. The number of aromatic nitrogens is 2. The number of alkyl halides is 6. The molecule has 2 saturated heterocycles. The maximum absolute atomic E-state index is 15.0. The summed E-state index contributed by atoms with van der Waals surface area (Å²) in [6.45, 7) is 3.03. The van der Waals surface area contributed by atoms with Crippen LogP contribution in [0.1, 0.15) is 52.5 Å². The number of fused-ring (bicyclic) bond motifs is 1. The van der Waals surface area contributed by atoms with Crippen molar-refractivity contribution in [3.8, 4) is 0 Å². The van der Waals surface area contributed by atoms with Crippen molar-refractivity contribution in [2.45, 2.75) is 51.1 Å². The molecule has 0 saturated carbocycles. The number of aliphatic carboxylic acids is 1. The first kappa shape index (κ1) is 36.3. The van der Waals surface area contributed by atoms with Crippen molar-refractivity contribution in [3.63, 3.8) is 0 Å². The fourth-order valence-electron chi connectivity index (χ4n) is 5.02. The molecule has 0 aliphatic carbocycles. The van der Waals surface area contributed by atoms with Gasteiger partial charge in [0, 0.05) is 49.7 Å². The zero-order valence-electron chi connectivity index (χ0n) is 24.2. The lowest BCUT2D eigenvalue weighted by Crippen LogP contribution is -2.49. The van der Waals surface area contributed by atoms with Crippen molar-refractivity contribution < 1.29 is 58.2 Å². The van der Waals surface area contributed by atoms with Crippen molar-refractivity contribution in [2.75, 3.05) is 26.2 Å². The number of carboxylic acid groups (broad SMARTS) is 1. The molecular weight excluding hydrogens is 694 g/mol. The van der Waals surface area contributed by atoms with Crippen LogP contribution in [0.2, 0.25) is 5.02 Å². The summed E-state index contributed by atoms with van der Waals surface area (Å²) in [5.41, 5.74) is -0.655. The summed E-state index contributed by atoms with van der Waals surface area (Å²) in [6, 6.07) is 3.57. The van der Waals surface area contributed by atoms with Crippen LogP contribution in [0, 0.1) is 18.6 Å². The lowest BCUT2D eigenvalue weighted by Gasteiger charge is -2.32. The normalized spacial score (nSPS) is 16.8. The molecule has 1 aromatic heterocycles. The first-order valence-corrected chi connectivity index (χ1v) is 15.6. The zero-order valence-corrected chi connectivity index (χ0v) is 25.8. The minimum Gasteiger partial charge on any atom is -0.475 e. The van der Waals surface area contributed by atoms with Crippen LogP contribution < -0.4 is 4.72 Å². The van der Waals surface area contributed by atoms with E-state index in [0.717, 1.165) is 16.4 Å². The highest BCUT2D eigenvalue weighted by molar-refractivity contribution is 7.87. The van der Waals surface area contributed by atoms with Gasteiger partial charge in [0.1, 0.15) is 11.6 Å². The van der Waals surface area contributed by atoms with E-state index in [-0.39, 0.29) is 31.2 Å². The van der Waals surface area contributed by atoms with Crippen molar-refractivity contribution in [3.05, 3.63) is 63.3 Å². The largest absolute Gasteiger partial charge is 0.490 e. The second kappa shape index (κ2) is 13.5. The SMILES string of the molecule is Cc1nn(C2CCN(Cc3cc(C(F)(F)F)cc(Cl)c3F)CC2)c2cc(F)c(C(=O)NS(=O)(=O)N3CCC3)cc12.O=C(O)C(F)(F)F. The number of piperidine rings is 1. The fourth-order valence-corrected chi connectivity index (χ4v) is 6.47. The Labute approximate surface area is 267 Å². The Morgan fingerprint density at radius 1 is 1.02 bits per heavy atom. The Morgan fingerprint density at radius 2 is 1.62 bits per heavy atom. The fraction of sp³-hybridized carbons (Fsp3) is 0.444. The number of rotatable bonds is 6. The molecule has 3 heterocycles. The highest BCUT2D eigenvalue weighted by atomic mass is 35.5. The van der Waals surface area contributed by atoms with Gasteiger partial charge in [-0.3, -0.25) is 14.4 Å². The molecule has 2 fully saturated rings. The van der Waals surface area contributed by atoms with Gasteiger partial charge in [-0.1, -0.05) is 11.6 Å². The summed E-state index contributed by atoms with van der Waals surface area (Å²) < 4.78 is 130. The molecule has 3 aromatic rings. The standard InChI is InChI=1S/C25H25ClF5N5O3S.C2HF3O2/c1-14-18-11-19(24(37)33-40(38,39)35-5-2-6-35)21(27)12-22(18)36(32-14)17-3-7-34(8-4-17)13-15-9-16(25(29,30)31)10-20(26)23(15)28;3-2(4,5)1(6)7/h9-12,17H,2-8,13H2,1H3,(H,33,37);(H,6,7). The van der Waals surface area contributed by atoms with E-state index in [0.29, 0.717) is 55.0 Å². The lowest BCUT2D eigenvalue weighted by atomic mass is 10.0. The number of carboxylic acids is 1. The highest BCUT2D eigenvalue weighted by Gasteiger charge is 2.38. The average molecular weight is 720 g/mol. The summed E-state index contributed by atoms with van der Waals surface area (Å²) in [5.74, 6) is -5.63. The number of carbonyl (C=O) groups excluding carboxylic acids is 1. The number of halogens is 9. The monoisotopic (exact) mass is 719 g/mol. The summed E-state index contributed by atoms with van der Waals surface area (Å²) in [5, 5.41) is 11.5. The Bertz CT molecular complexity index is 1790. The molecule has 5 rings (SSSR count). The van der Waals surface area contributed by atoms with Crippen LogP contribution in [0.5, 0.6) is 0 Å². The highest BCUT2D eigenvalue weighted by Crippen LogP contribution is 2.35. The van der Waals surface area contributed by atoms with Crippen LogP contribution in [0.3, 0.4) is 0 Å². The lowest BCUT2D eigenvalue weighted by molar-refractivity contribution is -0.192. The van der Waals surface area contributed by atoms with Crippen molar-refractivity contribution in [1.29, 1.82) is 0 Å². The second-order valence-corrected chi connectivity index (χ2v) is 12.9. The predicted molar refractivity (Wildman–Crippen MR) is 151 cm³/mol. The molecule has 47 heavy (non-hydrogen) atoms. The summed E-state index contributed by atoms with van der Waals surface area (Å²) in [4.78, 5) is 23.3. The third-order valence-corrected chi connectivity index (χ3v) is 9.33. The minimum absolute atomic E-state index is 0.0610. The third-order valence-electron chi connectivity index (χ3n) is 7.57. The Morgan fingerprint density at radius 3 is 2.13 bits per heavy atom. The van der Waals surface area contributed by atoms with Gasteiger partial charge in [-0.25, -0.2) is 18.3 Å². The number of benzene rings is 2. The van der Waals surface area contributed by atoms with E-state index in [1.807, 2.05) is 9.62 Å². The molecule has 10 nitrogen and oxygen atoms in total. The number of hydrogen-bond donors (Lipinski definition) is 2. The zero-order chi connectivity index (χ0) is 35.1. The molecule has 0 bridgehead atoms. The molecule has 0 radical (unpaired) electrons. The van der Waals surface area contributed by atoms with Crippen molar-refractivity contribution >= 4 is 44.6 Å². The van der Waals surface area contributed by atoms with Gasteiger partial charge in [0.05, 0.1) is 33.4 Å². The topological polar surface area (TPSA) is 125 Å². The summed E-state index contributed by atoms with van der Waals surface area (Å²) in [6.07, 6.45) is -8.05. The van der Waals surface area contributed by atoms with E-state index in [9.17, 15) is 43.9 Å². The summed E-state index contributed by atoms with van der Waals surface area (Å²) >= 11 is 5.71. The van der Waals surface area contributed by atoms with Crippen LogP contribution in [-0.2, 0) is 27.7 Å². The Hall–Kier alpha value is -3.55. The van der Waals surface area contributed by atoms with Gasteiger partial charge in [-0.05, 0) is 44.4 Å². The first-order valence-electron chi connectivity index (χ1n) is 13.8. The second-order valence-electron chi connectivity index (χ2n) is 10.8. The number of likely N-dealkylation sites (tertiary alicyclic amines) is 1. The molecule has 0 atom stereocenters. The smallest absolute Gasteiger partial charge is 0.475 e. The number of carbonyl (C=O) groups is 2. The van der Waals surface area contributed by atoms with Crippen LogP contribution in [0.25, 0.3) is 10.9 Å². The first-order chi connectivity index (χ1) is 21.7. The van der Waals surface area contributed by atoms with Gasteiger partial charge in [-0.2, -0.15) is 44.2 Å². The molecule has 20 heteroatoms. The van der Waals surface area contributed by atoms with E-state index >= 15 is 4.39 Å². The van der Waals surface area contributed by atoms with Crippen molar-refractivity contribution in [1.82, 2.24) is 23.7 Å². The molecule has 0 unspecified atom stereocenters. The molecule has 2 aromatic carbocycles. The number of nitrogens with zero attached hydrogens (tertiary/aromatic N) is 4. The van der Waals surface area contributed by atoms with Gasteiger partial charge in [-0.15, -0.1) is 0 Å². The van der Waals surface area contributed by atoms with E-state index < -0.39 is 62.2 Å². The predicted octanol–water partition coefficient (Wildman–Crippen LogP) is 5.45. The molecule has 258 valence electrons. The van der Waals surface area contributed by atoms with Crippen LogP contribution in [0.15, 0.2) is 24.3 Å². The van der Waals surface area contributed by atoms with Crippen LogP contribution >= 0.6 is 11.6 Å². The maximum atomic E-state index is 15.0. The van der Waals surface area contributed by atoms with Gasteiger partial charge < -0.3 is 5.11 Å². The minimum atomic E-state index is -5.08.